The third kappa shape index (κ3) is 4.61. The van der Waals surface area contributed by atoms with Gasteiger partial charge in [-0.3, -0.25) is 0 Å². The molecule has 0 bridgehead atoms. The molecule has 1 aliphatic heterocycles. The molecule has 0 saturated carbocycles. The van der Waals surface area contributed by atoms with Crippen molar-refractivity contribution in [3.8, 4) is 17.0 Å². The topological polar surface area (TPSA) is 82.1 Å². The van der Waals surface area contributed by atoms with E-state index in [1.807, 2.05) is 17.7 Å². The zero-order chi connectivity index (χ0) is 22.1. The van der Waals surface area contributed by atoms with Crippen LogP contribution in [0.4, 0.5) is 5.82 Å². The summed E-state index contributed by atoms with van der Waals surface area (Å²) < 4.78 is 7.68. The Morgan fingerprint density at radius 3 is 2.55 bits per heavy atom. The minimum atomic E-state index is 0. The Morgan fingerprint density at radius 2 is 1.79 bits per heavy atom. The first-order valence-electron chi connectivity index (χ1n) is 11.5. The molecule has 3 heterocycles. The predicted molar refractivity (Wildman–Crippen MR) is 136 cm³/mol. The molecule has 1 aliphatic rings. The molecule has 174 valence electrons. The van der Waals surface area contributed by atoms with Crippen LogP contribution >= 0.6 is 12.4 Å². The van der Waals surface area contributed by atoms with Crippen LogP contribution in [0.15, 0.2) is 42.7 Å². The molecule has 2 N–H and O–H groups in total. The maximum absolute atomic E-state index is 6.32. The van der Waals surface area contributed by atoms with E-state index in [2.05, 4.69) is 52.1 Å². The third-order valence-corrected chi connectivity index (χ3v) is 6.54. The second kappa shape index (κ2) is 9.93. The largest absolute Gasteiger partial charge is 0.494 e. The number of rotatable bonds is 6. The molecule has 1 saturated heterocycles. The van der Waals surface area contributed by atoms with E-state index in [-0.39, 0.29) is 12.4 Å². The molecule has 0 radical (unpaired) electrons. The Bertz CT molecular complexity index is 1250. The van der Waals surface area contributed by atoms with E-state index in [9.17, 15) is 0 Å². The van der Waals surface area contributed by atoms with Crippen LogP contribution in [-0.4, -0.2) is 50.9 Å². The lowest BCUT2D eigenvalue weighted by Gasteiger charge is -2.30. The SMILES string of the molecule is CCOc1ccc2cc(-c3nn(CC4CCN(CC)CC4)c4ncnc(N)c34)ccc2c1.Cl. The number of nitrogens with two attached hydrogens (primary N) is 1. The van der Waals surface area contributed by atoms with E-state index in [1.54, 1.807) is 0 Å². The van der Waals surface area contributed by atoms with Crippen molar-refractivity contribution in [2.45, 2.75) is 33.2 Å². The van der Waals surface area contributed by atoms with Gasteiger partial charge >= 0.3 is 0 Å². The summed E-state index contributed by atoms with van der Waals surface area (Å²) >= 11 is 0. The number of hydrogen-bond acceptors (Lipinski definition) is 6. The molecular formula is C25H31ClN6O. The van der Waals surface area contributed by atoms with E-state index in [1.165, 1.54) is 19.2 Å². The van der Waals surface area contributed by atoms with Crippen molar-refractivity contribution in [3.63, 3.8) is 0 Å². The van der Waals surface area contributed by atoms with Crippen LogP contribution in [0.5, 0.6) is 5.75 Å². The smallest absolute Gasteiger partial charge is 0.163 e. The molecule has 0 amide bonds. The van der Waals surface area contributed by atoms with Crippen molar-refractivity contribution >= 4 is 40.0 Å². The van der Waals surface area contributed by atoms with Crippen LogP contribution in [0.1, 0.15) is 26.7 Å². The third-order valence-electron chi connectivity index (χ3n) is 6.54. The molecule has 5 rings (SSSR count). The first kappa shape index (κ1) is 23.3. The van der Waals surface area contributed by atoms with Gasteiger partial charge in [-0.1, -0.05) is 25.1 Å². The average molecular weight is 467 g/mol. The van der Waals surface area contributed by atoms with Gasteiger partial charge in [0.15, 0.2) is 5.65 Å². The second-order valence-corrected chi connectivity index (χ2v) is 8.52. The molecule has 2 aromatic carbocycles. The summed E-state index contributed by atoms with van der Waals surface area (Å²) in [5, 5.41) is 8.11. The first-order chi connectivity index (χ1) is 15.7. The fourth-order valence-electron chi connectivity index (χ4n) is 4.72. The number of nitrogens with zero attached hydrogens (tertiary/aromatic N) is 5. The van der Waals surface area contributed by atoms with Gasteiger partial charge in [0.25, 0.3) is 0 Å². The number of anilines is 1. The van der Waals surface area contributed by atoms with Gasteiger partial charge in [0.05, 0.1) is 12.0 Å². The quantitative estimate of drug-likeness (QED) is 0.440. The number of halogens is 1. The molecule has 1 fully saturated rings. The fraction of sp³-hybridized carbons (Fsp3) is 0.400. The Hall–Kier alpha value is -2.90. The Morgan fingerprint density at radius 1 is 1.03 bits per heavy atom. The minimum absolute atomic E-state index is 0. The second-order valence-electron chi connectivity index (χ2n) is 8.52. The van der Waals surface area contributed by atoms with Crippen molar-refractivity contribution in [2.75, 3.05) is 32.0 Å². The maximum atomic E-state index is 6.32. The van der Waals surface area contributed by atoms with Gasteiger partial charge in [0.1, 0.15) is 23.6 Å². The highest BCUT2D eigenvalue weighted by atomic mass is 35.5. The number of fused-ring (bicyclic) bond motifs is 2. The molecule has 0 aliphatic carbocycles. The molecule has 2 aromatic heterocycles. The van der Waals surface area contributed by atoms with Gasteiger partial charge in [-0.2, -0.15) is 5.10 Å². The van der Waals surface area contributed by atoms with Gasteiger partial charge < -0.3 is 15.4 Å². The lowest BCUT2D eigenvalue weighted by molar-refractivity contribution is 0.179. The molecule has 0 spiro atoms. The Balaban J connectivity index is 0.00000259. The number of piperidine rings is 1. The van der Waals surface area contributed by atoms with Crippen LogP contribution < -0.4 is 10.5 Å². The predicted octanol–water partition coefficient (Wildman–Crippen LogP) is 4.78. The molecule has 7 nitrogen and oxygen atoms in total. The van der Waals surface area contributed by atoms with E-state index in [4.69, 9.17) is 15.6 Å². The fourth-order valence-corrected chi connectivity index (χ4v) is 4.72. The summed E-state index contributed by atoms with van der Waals surface area (Å²) in [5.41, 5.74) is 9.00. The summed E-state index contributed by atoms with van der Waals surface area (Å²) in [6.07, 6.45) is 3.90. The number of aromatic nitrogens is 4. The van der Waals surface area contributed by atoms with Gasteiger partial charge in [0.2, 0.25) is 0 Å². The zero-order valence-electron chi connectivity index (χ0n) is 19.2. The number of likely N-dealkylation sites (tertiary alicyclic amines) is 1. The van der Waals surface area contributed by atoms with Crippen molar-refractivity contribution in [1.82, 2.24) is 24.6 Å². The van der Waals surface area contributed by atoms with Crippen molar-refractivity contribution < 1.29 is 4.74 Å². The van der Waals surface area contributed by atoms with Crippen molar-refractivity contribution in [2.24, 2.45) is 5.92 Å². The highest BCUT2D eigenvalue weighted by Crippen LogP contribution is 2.33. The zero-order valence-corrected chi connectivity index (χ0v) is 20.0. The van der Waals surface area contributed by atoms with Crippen LogP contribution in [-0.2, 0) is 6.54 Å². The van der Waals surface area contributed by atoms with Crippen LogP contribution in [0, 0.1) is 5.92 Å². The van der Waals surface area contributed by atoms with E-state index >= 15 is 0 Å². The number of benzene rings is 2. The monoisotopic (exact) mass is 466 g/mol. The van der Waals surface area contributed by atoms with Crippen LogP contribution in [0.3, 0.4) is 0 Å². The summed E-state index contributed by atoms with van der Waals surface area (Å²) in [4.78, 5) is 11.3. The standard InChI is InChI=1S/C25H30N6O.ClH/c1-3-30-11-9-17(10-12-30)15-31-25-22(24(26)27-16-28-25)23(29-31)20-6-5-19-14-21(32-4-2)8-7-18(19)13-20;/h5-8,13-14,16-17H,3-4,9-12,15H2,1-2H3,(H2,26,27,28);1H. The lowest BCUT2D eigenvalue weighted by Crippen LogP contribution is -2.34. The van der Waals surface area contributed by atoms with Gasteiger partial charge in [-0.25, -0.2) is 14.6 Å². The van der Waals surface area contributed by atoms with E-state index < -0.39 is 0 Å². The van der Waals surface area contributed by atoms with E-state index in [0.29, 0.717) is 18.3 Å². The lowest BCUT2D eigenvalue weighted by atomic mass is 9.97. The molecule has 4 aromatic rings. The number of nitrogen functional groups attached to an aromatic ring is 1. The van der Waals surface area contributed by atoms with E-state index in [0.717, 1.165) is 65.0 Å². The van der Waals surface area contributed by atoms with Crippen LogP contribution in [0.2, 0.25) is 0 Å². The summed E-state index contributed by atoms with van der Waals surface area (Å²) in [6.45, 7) is 9.17. The summed E-state index contributed by atoms with van der Waals surface area (Å²) in [6, 6.07) is 12.5. The number of ether oxygens (including phenoxy) is 1. The maximum Gasteiger partial charge on any atom is 0.163 e. The summed E-state index contributed by atoms with van der Waals surface area (Å²) in [5.74, 6) is 1.96. The minimum Gasteiger partial charge on any atom is -0.494 e. The molecule has 33 heavy (non-hydrogen) atoms. The Labute approximate surface area is 200 Å². The molecular weight excluding hydrogens is 436 g/mol. The highest BCUT2D eigenvalue weighted by molar-refractivity contribution is 6.00. The van der Waals surface area contributed by atoms with Gasteiger partial charge in [-0.15, -0.1) is 12.4 Å². The molecule has 8 heteroatoms. The number of hydrogen-bond donors (Lipinski definition) is 1. The Kier molecular flexibility index (Phi) is 7.00. The average Bonchev–Trinajstić information content (AvgIpc) is 3.19. The van der Waals surface area contributed by atoms with Crippen molar-refractivity contribution in [3.05, 3.63) is 42.7 Å². The molecule has 0 unspecified atom stereocenters. The van der Waals surface area contributed by atoms with Crippen molar-refractivity contribution in [1.29, 1.82) is 0 Å². The van der Waals surface area contributed by atoms with Gasteiger partial charge in [-0.05, 0) is 74.3 Å². The first-order valence-corrected chi connectivity index (χ1v) is 11.5. The highest BCUT2D eigenvalue weighted by Gasteiger charge is 2.22. The molecule has 0 atom stereocenters. The normalized spacial score (nSPS) is 15.1. The van der Waals surface area contributed by atoms with Crippen LogP contribution in [0.25, 0.3) is 33.1 Å². The summed E-state index contributed by atoms with van der Waals surface area (Å²) in [7, 11) is 0. The van der Waals surface area contributed by atoms with Gasteiger partial charge in [0, 0.05) is 12.1 Å².